The number of nitrogens with one attached hydrogen (secondary N) is 1. The summed E-state index contributed by atoms with van der Waals surface area (Å²) in [5.41, 5.74) is 1.32. The summed E-state index contributed by atoms with van der Waals surface area (Å²) in [5, 5.41) is 3.38. The maximum atomic E-state index is 12.4. The number of piperazine rings is 1. The van der Waals surface area contributed by atoms with E-state index in [1.54, 1.807) is 0 Å². The summed E-state index contributed by atoms with van der Waals surface area (Å²) in [4.78, 5) is 14.4. The Balaban J connectivity index is 1.62. The van der Waals surface area contributed by atoms with Crippen molar-refractivity contribution in [1.82, 2.24) is 10.2 Å². The standard InChI is InChI=1S/C15H20N2O/c1-11-10-17(8-7-16-11)15(18)14-9-13(14)12-5-3-2-4-6-12/h2-6,11,13-14,16H,7-10H2,1H3/t11-,13?,14?/m1/s1. The van der Waals surface area contributed by atoms with E-state index in [9.17, 15) is 4.79 Å². The highest BCUT2D eigenvalue weighted by Gasteiger charge is 2.45. The van der Waals surface area contributed by atoms with Gasteiger partial charge in [-0.15, -0.1) is 0 Å². The summed E-state index contributed by atoms with van der Waals surface area (Å²) in [6.45, 7) is 4.79. The van der Waals surface area contributed by atoms with E-state index in [1.165, 1.54) is 5.56 Å². The Kier molecular flexibility index (Phi) is 3.08. The predicted molar refractivity (Wildman–Crippen MR) is 71.3 cm³/mol. The Bertz CT molecular complexity index is 431. The van der Waals surface area contributed by atoms with Crippen LogP contribution in [0.1, 0.15) is 24.8 Å². The molecule has 96 valence electrons. The minimum Gasteiger partial charge on any atom is -0.340 e. The lowest BCUT2D eigenvalue weighted by atomic mass is 10.1. The zero-order chi connectivity index (χ0) is 12.5. The lowest BCUT2D eigenvalue weighted by molar-refractivity contribution is -0.133. The molecule has 18 heavy (non-hydrogen) atoms. The molecule has 0 aromatic heterocycles. The van der Waals surface area contributed by atoms with Gasteiger partial charge in [-0.25, -0.2) is 0 Å². The van der Waals surface area contributed by atoms with Crippen LogP contribution in [-0.2, 0) is 4.79 Å². The number of rotatable bonds is 2. The van der Waals surface area contributed by atoms with Crippen LogP contribution in [0.2, 0.25) is 0 Å². The molecule has 2 aliphatic rings. The van der Waals surface area contributed by atoms with Gasteiger partial charge in [-0.2, -0.15) is 0 Å². The number of hydrogen-bond acceptors (Lipinski definition) is 2. The topological polar surface area (TPSA) is 32.3 Å². The second-order valence-electron chi connectivity index (χ2n) is 5.50. The molecule has 0 radical (unpaired) electrons. The Morgan fingerprint density at radius 2 is 2.11 bits per heavy atom. The third-order valence-electron chi connectivity index (χ3n) is 4.02. The number of amides is 1. The van der Waals surface area contributed by atoms with E-state index in [0.717, 1.165) is 26.1 Å². The fourth-order valence-corrected chi connectivity index (χ4v) is 2.90. The molecule has 1 aromatic carbocycles. The van der Waals surface area contributed by atoms with Crippen molar-refractivity contribution in [2.45, 2.75) is 25.3 Å². The van der Waals surface area contributed by atoms with Gasteiger partial charge in [0.1, 0.15) is 0 Å². The minimum absolute atomic E-state index is 0.234. The van der Waals surface area contributed by atoms with Gasteiger partial charge < -0.3 is 10.2 Å². The molecule has 1 saturated heterocycles. The molecule has 1 saturated carbocycles. The van der Waals surface area contributed by atoms with E-state index in [2.05, 4.69) is 36.5 Å². The third kappa shape index (κ3) is 2.27. The van der Waals surface area contributed by atoms with Gasteiger partial charge in [0.2, 0.25) is 5.91 Å². The van der Waals surface area contributed by atoms with Crippen molar-refractivity contribution in [3.05, 3.63) is 35.9 Å². The first-order valence-corrected chi connectivity index (χ1v) is 6.83. The zero-order valence-electron chi connectivity index (χ0n) is 10.8. The van der Waals surface area contributed by atoms with Gasteiger partial charge >= 0.3 is 0 Å². The van der Waals surface area contributed by atoms with Crippen LogP contribution < -0.4 is 5.32 Å². The molecule has 1 N–H and O–H groups in total. The van der Waals surface area contributed by atoms with Crippen LogP contribution in [0.5, 0.6) is 0 Å². The molecule has 1 aliphatic heterocycles. The molecule has 1 aliphatic carbocycles. The van der Waals surface area contributed by atoms with Gasteiger partial charge in [-0.05, 0) is 24.8 Å². The van der Waals surface area contributed by atoms with Crippen LogP contribution in [0, 0.1) is 5.92 Å². The summed E-state index contributed by atoms with van der Waals surface area (Å²) in [5.74, 6) is 1.05. The van der Waals surface area contributed by atoms with E-state index in [1.807, 2.05) is 11.0 Å². The number of carbonyl (C=O) groups excluding carboxylic acids is 1. The van der Waals surface area contributed by atoms with E-state index in [-0.39, 0.29) is 5.92 Å². The molecule has 3 heteroatoms. The molecule has 1 heterocycles. The smallest absolute Gasteiger partial charge is 0.226 e. The van der Waals surface area contributed by atoms with Gasteiger partial charge in [0.05, 0.1) is 0 Å². The molecule has 1 amide bonds. The maximum Gasteiger partial charge on any atom is 0.226 e. The van der Waals surface area contributed by atoms with Crippen molar-refractivity contribution in [2.75, 3.05) is 19.6 Å². The first kappa shape index (κ1) is 11.7. The fourth-order valence-electron chi connectivity index (χ4n) is 2.90. The van der Waals surface area contributed by atoms with Crippen molar-refractivity contribution >= 4 is 5.91 Å². The third-order valence-corrected chi connectivity index (χ3v) is 4.02. The molecule has 3 rings (SSSR count). The Hall–Kier alpha value is -1.35. The quantitative estimate of drug-likeness (QED) is 0.857. The molecule has 0 bridgehead atoms. The largest absolute Gasteiger partial charge is 0.340 e. The average molecular weight is 244 g/mol. The average Bonchev–Trinajstić information content (AvgIpc) is 3.19. The molecule has 0 spiro atoms. The number of nitrogens with zero attached hydrogens (tertiary/aromatic N) is 1. The first-order valence-electron chi connectivity index (χ1n) is 6.83. The van der Waals surface area contributed by atoms with Crippen molar-refractivity contribution in [1.29, 1.82) is 0 Å². The number of benzene rings is 1. The van der Waals surface area contributed by atoms with Crippen LogP contribution in [0.4, 0.5) is 0 Å². The van der Waals surface area contributed by atoms with Crippen molar-refractivity contribution in [3.63, 3.8) is 0 Å². The Morgan fingerprint density at radius 3 is 2.83 bits per heavy atom. The molecule has 2 unspecified atom stereocenters. The predicted octanol–water partition coefficient (Wildman–Crippen LogP) is 1.61. The van der Waals surface area contributed by atoms with Crippen molar-refractivity contribution < 1.29 is 4.79 Å². The summed E-state index contributed by atoms with van der Waals surface area (Å²) in [7, 11) is 0. The van der Waals surface area contributed by atoms with Crippen LogP contribution in [0.15, 0.2) is 30.3 Å². The highest BCUT2D eigenvalue weighted by atomic mass is 16.2. The number of hydrogen-bond donors (Lipinski definition) is 1. The van der Waals surface area contributed by atoms with E-state index in [4.69, 9.17) is 0 Å². The van der Waals surface area contributed by atoms with E-state index in [0.29, 0.717) is 17.9 Å². The Labute approximate surface area is 108 Å². The summed E-state index contributed by atoms with van der Waals surface area (Å²) < 4.78 is 0. The fraction of sp³-hybridized carbons (Fsp3) is 0.533. The molecule has 3 atom stereocenters. The SMILES string of the molecule is C[C@@H]1CN(C(=O)C2CC2c2ccccc2)CCN1. The normalized spacial score (nSPS) is 31.2. The highest BCUT2D eigenvalue weighted by molar-refractivity contribution is 5.83. The Morgan fingerprint density at radius 1 is 1.33 bits per heavy atom. The molecule has 2 fully saturated rings. The van der Waals surface area contributed by atoms with Gasteiger partial charge in [-0.3, -0.25) is 4.79 Å². The summed E-state index contributed by atoms with van der Waals surface area (Å²) in [6, 6.07) is 10.8. The highest BCUT2D eigenvalue weighted by Crippen LogP contribution is 2.48. The number of carbonyl (C=O) groups is 1. The molecule has 3 nitrogen and oxygen atoms in total. The van der Waals surface area contributed by atoms with Crippen LogP contribution in [-0.4, -0.2) is 36.5 Å². The van der Waals surface area contributed by atoms with Gasteiger partial charge in [-0.1, -0.05) is 30.3 Å². The van der Waals surface area contributed by atoms with Gasteiger partial charge in [0.15, 0.2) is 0 Å². The van der Waals surface area contributed by atoms with Crippen molar-refractivity contribution in [2.24, 2.45) is 5.92 Å². The van der Waals surface area contributed by atoms with Crippen LogP contribution >= 0.6 is 0 Å². The monoisotopic (exact) mass is 244 g/mol. The van der Waals surface area contributed by atoms with Crippen LogP contribution in [0.3, 0.4) is 0 Å². The van der Waals surface area contributed by atoms with Gasteiger partial charge in [0, 0.05) is 31.6 Å². The van der Waals surface area contributed by atoms with Crippen molar-refractivity contribution in [3.8, 4) is 0 Å². The summed E-state index contributed by atoms with van der Waals surface area (Å²) >= 11 is 0. The molecule has 1 aromatic rings. The second-order valence-corrected chi connectivity index (χ2v) is 5.50. The van der Waals surface area contributed by atoms with E-state index < -0.39 is 0 Å². The lowest BCUT2D eigenvalue weighted by Gasteiger charge is -2.32. The minimum atomic E-state index is 0.234. The second kappa shape index (κ2) is 4.73. The first-order chi connectivity index (χ1) is 8.75. The molecular weight excluding hydrogens is 224 g/mol. The summed E-state index contributed by atoms with van der Waals surface area (Å²) in [6.07, 6.45) is 1.03. The van der Waals surface area contributed by atoms with Crippen LogP contribution in [0.25, 0.3) is 0 Å². The van der Waals surface area contributed by atoms with E-state index >= 15 is 0 Å². The maximum absolute atomic E-state index is 12.4. The lowest BCUT2D eigenvalue weighted by Crippen LogP contribution is -2.51. The van der Waals surface area contributed by atoms with Gasteiger partial charge in [0.25, 0.3) is 0 Å². The molecular formula is C15H20N2O. The zero-order valence-corrected chi connectivity index (χ0v) is 10.8.